The lowest BCUT2D eigenvalue weighted by molar-refractivity contribution is 0.300. The third kappa shape index (κ3) is 4.89. The minimum Gasteiger partial charge on any atom is -0.308 e. The molecule has 1 heterocycles. The molecule has 0 aliphatic heterocycles. The van der Waals surface area contributed by atoms with Gasteiger partial charge in [0.2, 0.25) is 0 Å². The van der Waals surface area contributed by atoms with Crippen LogP contribution in [0.5, 0.6) is 0 Å². The molecule has 116 valence electrons. The molecule has 0 amide bonds. The fourth-order valence-electron chi connectivity index (χ4n) is 2.92. The Morgan fingerprint density at radius 2 is 1.75 bits per heavy atom. The van der Waals surface area contributed by atoms with E-state index in [-0.39, 0.29) is 0 Å². The van der Waals surface area contributed by atoms with Gasteiger partial charge < -0.3 is 5.32 Å². The highest BCUT2D eigenvalue weighted by Gasteiger charge is 2.24. The van der Waals surface area contributed by atoms with Gasteiger partial charge in [0.25, 0.3) is 0 Å². The first-order valence-electron chi connectivity index (χ1n) is 8.40. The Hall–Kier alpha value is -0.900. The topological polar surface area (TPSA) is 42.7 Å². The van der Waals surface area contributed by atoms with E-state index in [9.17, 15) is 0 Å². The van der Waals surface area contributed by atoms with E-state index in [4.69, 9.17) is 0 Å². The van der Waals surface area contributed by atoms with Crippen molar-refractivity contribution in [3.8, 4) is 0 Å². The average molecular weight is 280 g/mol. The maximum absolute atomic E-state index is 4.26. The highest BCUT2D eigenvalue weighted by atomic mass is 15.4. The van der Waals surface area contributed by atoms with Gasteiger partial charge in [-0.15, -0.1) is 5.10 Å². The summed E-state index contributed by atoms with van der Waals surface area (Å²) >= 11 is 0. The third-order valence-electron chi connectivity index (χ3n) is 3.81. The van der Waals surface area contributed by atoms with Crippen LogP contribution in [-0.2, 0) is 6.54 Å². The van der Waals surface area contributed by atoms with E-state index >= 15 is 0 Å². The third-order valence-corrected chi connectivity index (χ3v) is 3.81. The lowest BCUT2D eigenvalue weighted by Gasteiger charge is -2.28. The van der Waals surface area contributed by atoms with Gasteiger partial charge in [0.05, 0.1) is 17.9 Å². The zero-order chi connectivity index (χ0) is 14.8. The number of aryl methyl sites for hydroxylation is 1. The standard InChI is InChI=1S/C16H32N4/c1-5-9-14(10-6-2)16(17-11-7-3)15-13-18-19-20(15)12-8-4/h13-14,16-17H,5-12H2,1-4H3. The molecular formula is C16H32N4. The first-order valence-corrected chi connectivity index (χ1v) is 8.40. The van der Waals surface area contributed by atoms with Crippen molar-refractivity contribution in [2.45, 2.75) is 78.8 Å². The van der Waals surface area contributed by atoms with Gasteiger partial charge in [-0.3, -0.25) is 0 Å². The molecule has 0 saturated carbocycles. The second-order valence-corrected chi connectivity index (χ2v) is 5.65. The monoisotopic (exact) mass is 280 g/mol. The molecule has 1 aromatic heterocycles. The second kappa shape index (κ2) is 9.92. The van der Waals surface area contributed by atoms with Crippen LogP contribution in [0.15, 0.2) is 6.20 Å². The summed E-state index contributed by atoms with van der Waals surface area (Å²) in [6.07, 6.45) is 9.24. The predicted molar refractivity (Wildman–Crippen MR) is 84.7 cm³/mol. The largest absolute Gasteiger partial charge is 0.308 e. The van der Waals surface area contributed by atoms with E-state index in [2.05, 4.69) is 48.0 Å². The average Bonchev–Trinajstić information content (AvgIpc) is 2.88. The van der Waals surface area contributed by atoms with Crippen molar-refractivity contribution in [3.05, 3.63) is 11.9 Å². The number of nitrogens with one attached hydrogen (secondary N) is 1. The van der Waals surface area contributed by atoms with Crippen molar-refractivity contribution in [2.24, 2.45) is 5.92 Å². The molecule has 1 atom stereocenters. The van der Waals surface area contributed by atoms with Gasteiger partial charge in [0.1, 0.15) is 0 Å². The Morgan fingerprint density at radius 3 is 2.30 bits per heavy atom. The van der Waals surface area contributed by atoms with Gasteiger partial charge in [0.15, 0.2) is 0 Å². The number of nitrogens with zero attached hydrogens (tertiary/aromatic N) is 3. The minimum atomic E-state index is 0.399. The molecule has 1 rings (SSSR count). The Morgan fingerprint density at radius 1 is 1.05 bits per heavy atom. The van der Waals surface area contributed by atoms with E-state index in [1.165, 1.54) is 31.4 Å². The van der Waals surface area contributed by atoms with Gasteiger partial charge in [0, 0.05) is 6.54 Å². The normalized spacial score (nSPS) is 13.1. The number of rotatable bonds is 11. The molecule has 20 heavy (non-hydrogen) atoms. The van der Waals surface area contributed by atoms with Crippen LogP contribution in [0.3, 0.4) is 0 Å². The Kier molecular flexibility index (Phi) is 8.51. The van der Waals surface area contributed by atoms with Crippen LogP contribution in [0.4, 0.5) is 0 Å². The summed E-state index contributed by atoms with van der Waals surface area (Å²) in [6, 6.07) is 0.399. The molecule has 0 bridgehead atoms. The summed E-state index contributed by atoms with van der Waals surface area (Å²) in [5, 5.41) is 12.1. The smallest absolute Gasteiger partial charge is 0.0759 e. The van der Waals surface area contributed by atoms with Crippen molar-refractivity contribution in [1.29, 1.82) is 0 Å². The van der Waals surface area contributed by atoms with Crippen LogP contribution < -0.4 is 5.32 Å². The lowest BCUT2D eigenvalue weighted by atomic mass is 9.88. The molecule has 0 aromatic carbocycles. The van der Waals surface area contributed by atoms with E-state index in [0.29, 0.717) is 12.0 Å². The molecule has 0 fully saturated rings. The van der Waals surface area contributed by atoms with Crippen molar-refractivity contribution < 1.29 is 0 Å². The number of hydrogen-bond donors (Lipinski definition) is 1. The zero-order valence-electron chi connectivity index (χ0n) is 13.7. The number of aromatic nitrogens is 3. The molecule has 1 unspecified atom stereocenters. The summed E-state index contributed by atoms with van der Waals surface area (Å²) in [5.41, 5.74) is 1.27. The molecule has 4 heteroatoms. The molecule has 0 aliphatic rings. The Labute approximate surface area is 124 Å². The van der Waals surface area contributed by atoms with E-state index < -0.39 is 0 Å². The Balaban J connectivity index is 2.92. The van der Waals surface area contributed by atoms with Crippen molar-refractivity contribution in [1.82, 2.24) is 20.3 Å². The summed E-state index contributed by atoms with van der Waals surface area (Å²) in [7, 11) is 0. The highest BCUT2D eigenvalue weighted by Crippen LogP contribution is 2.29. The van der Waals surface area contributed by atoms with Crippen LogP contribution in [0.2, 0.25) is 0 Å². The molecule has 0 aliphatic carbocycles. The van der Waals surface area contributed by atoms with E-state index in [1.54, 1.807) is 0 Å². The first kappa shape index (κ1) is 17.2. The quantitative estimate of drug-likeness (QED) is 0.667. The second-order valence-electron chi connectivity index (χ2n) is 5.65. The SMILES string of the molecule is CCCNC(c1cnnn1CCC)C(CCC)CCC. The van der Waals surface area contributed by atoms with E-state index in [1.807, 2.05) is 6.20 Å². The van der Waals surface area contributed by atoms with Crippen molar-refractivity contribution in [2.75, 3.05) is 6.54 Å². The maximum Gasteiger partial charge on any atom is 0.0759 e. The van der Waals surface area contributed by atoms with Gasteiger partial charge in [-0.05, 0) is 38.1 Å². The Bertz CT molecular complexity index is 342. The van der Waals surface area contributed by atoms with Gasteiger partial charge in [-0.2, -0.15) is 0 Å². The van der Waals surface area contributed by atoms with Crippen LogP contribution >= 0.6 is 0 Å². The molecule has 0 saturated heterocycles. The highest BCUT2D eigenvalue weighted by molar-refractivity contribution is 5.04. The fourth-order valence-corrected chi connectivity index (χ4v) is 2.92. The van der Waals surface area contributed by atoms with E-state index in [0.717, 1.165) is 25.9 Å². The summed E-state index contributed by atoms with van der Waals surface area (Å²) in [5.74, 6) is 0.686. The fraction of sp³-hybridized carbons (Fsp3) is 0.875. The summed E-state index contributed by atoms with van der Waals surface area (Å²) in [6.45, 7) is 11.0. The van der Waals surface area contributed by atoms with Gasteiger partial charge in [-0.1, -0.05) is 45.7 Å². The van der Waals surface area contributed by atoms with Crippen LogP contribution in [0, 0.1) is 5.92 Å². The molecule has 0 radical (unpaired) electrons. The molecule has 4 nitrogen and oxygen atoms in total. The molecule has 1 aromatic rings. The first-order chi connectivity index (χ1) is 9.78. The van der Waals surface area contributed by atoms with Crippen LogP contribution in [-0.4, -0.2) is 21.5 Å². The van der Waals surface area contributed by atoms with Crippen LogP contribution in [0.1, 0.15) is 78.0 Å². The molecule has 1 N–H and O–H groups in total. The van der Waals surface area contributed by atoms with Gasteiger partial charge >= 0.3 is 0 Å². The summed E-state index contributed by atoms with van der Waals surface area (Å²) < 4.78 is 2.09. The lowest BCUT2D eigenvalue weighted by Crippen LogP contribution is -2.31. The predicted octanol–water partition coefficient (Wildman–Crippen LogP) is 3.95. The van der Waals surface area contributed by atoms with Crippen LogP contribution in [0.25, 0.3) is 0 Å². The van der Waals surface area contributed by atoms with Crippen molar-refractivity contribution >= 4 is 0 Å². The minimum absolute atomic E-state index is 0.399. The van der Waals surface area contributed by atoms with Gasteiger partial charge in [-0.25, -0.2) is 4.68 Å². The summed E-state index contributed by atoms with van der Waals surface area (Å²) in [4.78, 5) is 0. The maximum atomic E-state index is 4.26. The molecule has 0 spiro atoms. The molecular weight excluding hydrogens is 248 g/mol. The van der Waals surface area contributed by atoms with Crippen molar-refractivity contribution in [3.63, 3.8) is 0 Å². The number of hydrogen-bond acceptors (Lipinski definition) is 3. The zero-order valence-corrected chi connectivity index (χ0v) is 13.7.